The topological polar surface area (TPSA) is 66.5 Å². The maximum absolute atomic E-state index is 12.8. The predicted molar refractivity (Wildman–Crippen MR) is 113 cm³/mol. The second-order valence-electron chi connectivity index (χ2n) is 6.42. The molecule has 1 aliphatic rings. The van der Waals surface area contributed by atoms with Crippen molar-refractivity contribution in [3.63, 3.8) is 0 Å². The molecule has 0 aliphatic carbocycles. The number of aryl methyl sites for hydroxylation is 1. The molecule has 0 saturated carbocycles. The Morgan fingerprint density at radius 1 is 1.11 bits per heavy atom. The fourth-order valence-electron chi connectivity index (χ4n) is 3.28. The number of halogens is 1. The first-order chi connectivity index (χ1) is 13.5. The van der Waals surface area contributed by atoms with Gasteiger partial charge in [0.2, 0.25) is 0 Å². The molecule has 1 amide bonds. The second kappa shape index (κ2) is 7.58. The molecule has 0 atom stereocenters. The SMILES string of the molecule is O=C(c1cccs1)N1CCCc2cc(NS(=O)(=O)c3ccccc3Cl)ccc21. The van der Waals surface area contributed by atoms with Crippen LogP contribution in [-0.4, -0.2) is 20.9 Å². The van der Waals surface area contributed by atoms with Crippen molar-refractivity contribution in [3.05, 3.63) is 75.4 Å². The quantitative estimate of drug-likeness (QED) is 0.644. The number of sulfonamides is 1. The van der Waals surface area contributed by atoms with E-state index < -0.39 is 10.0 Å². The molecule has 0 radical (unpaired) electrons. The third-order valence-electron chi connectivity index (χ3n) is 4.55. The maximum Gasteiger partial charge on any atom is 0.268 e. The first-order valence-corrected chi connectivity index (χ1v) is 11.5. The van der Waals surface area contributed by atoms with Gasteiger partial charge in [0.25, 0.3) is 15.9 Å². The second-order valence-corrected chi connectivity index (χ2v) is 9.42. The summed E-state index contributed by atoms with van der Waals surface area (Å²) >= 11 is 7.44. The van der Waals surface area contributed by atoms with Crippen LogP contribution in [0.15, 0.2) is 64.9 Å². The summed E-state index contributed by atoms with van der Waals surface area (Å²) in [4.78, 5) is 15.3. The van der Waals surface area contributed by atoms with Crippen LogP contribution in [0.5, 0.6) is 0 Å². The number of rotatable bonds is 4. The molecule has 0 unspecified atom stereocenters. The van der Waals surface area contributed by atoms with Crippen LogP contribution >= 0.6 is 22.9 Å². The number of benzene rings is 2. The number of nitrogens with one attached hydrogen (secondary N) is 1. The maximum atomic E-state index is 12.8. The molecule has 0 bridgehead atoms. The first-order valence-electron chi connectivity index (χ1n) is 8.71. The molecule has 0 saturated heterocycles. The number of carbonyl (C=O) groups excluding carboxylic acids is 1. The Labute approximate surface area is 172 Å². The Kier molecular flexibility index (Phi) is 5.14. The van der Waals surface area contributed by atoms with E-state index in [2.05, 4.69) is 4.72 Å². The summed E-state index contributed by atoms with van der Waals surface area (Å²) in [5.74, 6) is -0.0275. The minimum Gasteiger partial charge on any atom is -0.307 e. The van der Waals surface area contributed by atoms with Gasteiger partial charge in [0.1, 0.15) is 4.90 Å². The zero-order valence-corrected chi connectivity index (χ0v) is 17.2. The Balaban J connectivity index is 1.62. The molecular weight excluding hydrogens is 416 g/mol. The van der Waals surface area contributed by atoms with E-state index in [-0.39, 0.29) is 15.8 Å². The van der Waals surface area contributed by atoms with E-state index in [1.807, 2.05) is 17.5 Å². The number of hydrogen-bond acceptors (Lipinski definition) is 4. The van der Waals surface area contributed by atoms with Crippen LogP contribution in [0.2, 0.25) is 5.02 Å². The number of amides is 1. The third kappa shape index (κ3) is 3.65. The fraction of sp³-hybridized carbons (Fsp3) is 0.150. The standard InChI is InChI=1S/C20H17ClN2O3S2/c21-16-6-1-2-8-19(16)28(25,26)22-15-9-10-17-14(13-15)5-3-11-23(17)20(24)18-7-4-12-27-18/h1-2,4,6-10,12-13,22H,3,5,11H2. The van der Waals surface area contributed by atoms with E-state index in [1.54, 1.807) is 35.2 Å². The van der Waals surface area contributed by atoms with Crippen molar-refractivity contribution in [1.82, 2.24) is 0 Å². The molecule has 0 spiro atoms. The minimum atomic E-state index is -3.80. The summed E-state index contributed by atoms with van der Waals surface area (Å²) in [7, 11) is -3.80. The van der Waals surface area contributed by atoms with Gasteiger partial charge in [-0.25, -0.2) is 8.42 Å². The van der Waals surface area contributed by atoms with Crippen LogP contribution in [0.3, 0.4) is 0 Å². The number of carbonyl (C=O) groups is 1. The van der Waals surface area contributed by atoms with Gasteiger partial charge in [-0.3, -0.25) is 9.52 Å². The van der Waals surface area contributed by atoms with E-state index in [4.69, 9.17) is 11.6 Å². The van der Waals surface area contributed by atoms with Gasteiger partial charge in [0, 0.05) is 17.9 Å². The Bertz CT molecular complexity index is 1130. The van der Waals surface area contributed by atoms with Crippen molar-refractivity contribution in [3.8, 4) is 0 Å². The highest BCUT2D eigenvalue weighted by atomic mass is 35.5. The van der Waals surface area contributed by atoms with E-state index in [0.717, 1.165) is 24.1 Å². The van der Waals surface area contributed by atoms with Gasteiger partial charge in [-0.1, -0.05) is 29.8 Å². The lowest BCUT2D eigenvalue weighted by molar-refractivity contribution is 0.0989. The van der Waals surface area contributed by atoms with Gasteiger partial charge in [0.15, 0.2) is 0 Å². The zero-order chi connectivity index (χ0) is 19.7. The van der Waals surface area contributed by atoms with Gasteiger partial charge in [0.05, 0.1) is 9.90 Å². The van der Waals surface area contributed by atoms with Crippen molar-refractivity contribution < 1.29 is 13.2 Å². The molecule has 3 aromatic rings. The van der Waals surface area contributed by atoms with Gasteiger partial charge < -0.3 is 4.90 Å². The minimum absolute atomic E-state index is 0.0275. The first kappa shape index (κ1) is 19.0. The highest BCUT2D eigenvalue weighted by Crippen LogP contribution is 2.32. The highest BCUT2D eigenvalue weighted by Gasteiger charge is 2.25. The molecule has 5 nitrogen and oxygen atoms in total. The van der Waals surface area contributed by atoms with E-state index in [1.165, 1.54) is 23.5 Å². The number of hydrogen-bond donors (Lipinski definition) is 1. The smallest absolute Gasteiger partial charge is 0.268 e. The number of thiophene rings is 1. The average molecular weight is 433 g/mol. The highest BCUT2D eigenvalue weighted by molar-refractivity contribution is 7.92. The van der Waals surface area contributed by atoms with Crippen LogP contribution in [0, 0.1) is 0 Å². The van der Waals surface area contributed by atoms with Crippen LogP contribution in [0.25, 0.3) is 0 Å². The van der Waals surface area contributed by atoms with Crippen molar-refractivity contribution >= 4 is 50.2 Å². The molecule has 1 aliphatic heterocycles. The summed E-state index contributed by atoms with van der Waals surface area (Å²) in [5.41, 5.74) is 2.21. The van der Waals surface area contributed by atoms with Crippen molar-refractivity contribution in [2.75, 3.05) is 16.2 Å². The van der Waals surface area contributed by atoms with Crippen LogP contribution in [0.1, 0.15) is 21.7 Å². The molecular formula is C20H17ClN2O3S2. The van der Waals surface area contributed by atoms with Gasteiger partial charge >= 0.3 is 0 Å². The molecule has 2 aromatic carbocycles. The normalized spacial score (nSPS) is 13.8. The molecule has 0 fully saturated rings. The fourth-order valence-corrected chi connectivity index (χ4v) is 5.52. The summed E-state index contributed by atoms with van der Waals surface area (Å²) in [6, 6.07) is 15.2. The lowest BCUT2D eigenvalue weighted by atomic mass is 10.0. The van der Waals surface area contributed by atoms with Crippen molar-refractivity contribution in [2.24, 2.45) is 0 Å². The van der Waals surface area contributed by atoms with Gasteiger partial charge in [-0.05, 0) is 60.2 Å². The van der Waals surface area contributed by atoms with Crippen LogP contribution < -0.4 is 9.62 Å². The zero-order valence-electron chi connectivity index (χ0n) is 14.8. The number of nitrogens with zero attached hydrogens (tertiary/aromatic N) is 1. The Morgan fingerprint density at radius 2 is 1.93 bits per heavy atom. The lowest BCUT2D eigenvalue weighted by Crippen LogP contribution is -2.35. The van der Waals surface area contributed by atoms with E-state index in [9.17, 15) is 13.2 Å². The Hall–Kier alpha value is -2.35. The van der Waals surface area contributed by atoms with Crippen molar-refractivity contribution in [1.29, 1.82) is 0 Å². The summed E-state index contributed by atoms with van der Waals surface area (Å²) in [6.07, 6.45) is 1.61. The van der Waals surface area contributed by atoms with Gasteiger partial charge in [-0.2, -0.15) is 0 Å². The average Bonchev–Trinajstić information content (AvgIpc) is 3.21. The lowest BCUT2D eigenvalue weighted by Gasteiger charge is -2.29. The molecule has 1 aromatic heterocycles. The number of fused-ring (bicyclic) bond motifs is 1. The van der Waals surface area contributed by atoms with Gasteiger partial charge in [-0.15, -0.1) is 11.3 Å². The Morgan fingerprint density at radius 3 is 2.68 bits per heavy atom. The van der Waals surface area contributed by atoms with Crippen molar-refractivity contribution in [2.45, 2.75) is 17.7 Å². The van der Waals surface area contributed by atoms with E-state index >= 15 is 0 Å². The predicted octanol–water partition coefficient (Wildman–Crippen LogP) is 4.80. The molecule has 8 heteroatoms. The molecule has 2 heterocycles. The third-order valence-corrected chi connectivity index (χ3v) is 7.29. The summed E-state index contributed by atoms with van der Waals surface area (Å²) in [6.45, 7) is 0.647. The molecule has 1 N–H and O–H groups in total. The molecule has 144 valence electrons. The summed E-state index contributed by atoms with van der Waals surface area (Å²) < 4.78 is 27.9. The monoisotopic (exact) mass is 432 g/mol. The molecule has 28 heavy (non-hydrogen) atoms. The summed E-state index contributed by atoms with van der Waals surface area (Å²) in [5, 5.41) is 2.05. The number of anilines is 2. The van der Waals surface area contributed by atoms with Crippen LogP contribution in [-0.2, 0) is 16.4 Å². The van der Waals surface area contributed by atoms with E-state index in [0.29, 0.717) is 17.1 Å². The molecule has 4 rings (SSSR count). The largest absolute Gasteiger partial charge is 0.307 e. The van der Waals surface area contributed by atoms with Crippen LogP contribution in [0.4, 0.5) is 11.4 Å².